The van der Waals surface area contributed by atoms with Gasteiger partial charge < -0.3 is 9.47 Å². The largest absolute Gasteiger partial charge is 0.451 e. The van der Waals surface area contributed by atoms with Gasteiger partial charge in [-0.25, -0.2) is 13.2 Å². The summed E-state index contributed by atoms with van der Waals surface area (Å²) < 4.78 is 37.0. The fourth-order valence-electron chi connectivity index (χ4n) is 2.93. The van der Waals surface area contributed by atoms with Crippen molar-refractivity contribution >= 4 is 21.8 Å². The van der Waals surface area contributed by atoms with Crippen molar-refractivity contribution in [2.45, 2.75) is 24.8 Å². The molecule has 29 heavy (non-hydrogen) atoms. The topological polar surface area (TPSA) is 90.0 Å². The second-order valence-corrected chi connectivity index (χ2v) is 8.76. The summed E-state index contributed by atoms with van der Waals surface area (Å²) >= 11 is 0. The summed E-state index contributed by atoms with van der Waals surface area (Å²) in [6, 6.07) is 12.5. The van der Waals surface area contributed by atoms with E-state index in [1.54, 1.807) is 12.1 Å². The fourth-order valence-corrected chi connectivity index (χ4v) is 4.34. The molecule has 1 atom stereocenters. The maximum absolute atomic E-state index is 12.6. The third-order valence-corrected chi connectivity index (χ3v) is 6.60. The molecule has 1 saturated heterocycles. The van der Waals surface area contributed by atoms with Gasteiger partial charge in [-0.1, -0.05) is 29.8 Å². The van der Waals surface area contributed by atoms with Crippen LogP contribution in [0.25, 0.3) is 0 Å². The van der Waals surface area contributed by atoms with Crippen molar-refractivity contribution in [1.29, 1.82) is 0 Å². The first-order valence-corrected chi connectivity index (χ1v) is 10.7. The lowest BCUT2D eigenvalue weighted by Gasteiger charge is -2.26. The first kappa shape index (κ1) is 21.2. The number of hydrogen-bond donors (Lipinski definition) is 0. The minimum Gasteiger partial charge on any atom is -0.451 e. The van der Waals surface area contributed by atoms with Crippen LogP contribution in [0.5, 0.6) is 0 Å². The van der Waals surface area contributed by atoms with Gasteiger partial charge in [0.1, 0.15) is 0 Å². The molecule has 1 heterocycles. The van der Waals surface area contributed by atoms with Crippen molar-refractivity contribution in [2.24, 2.45) is 0 Å². The Balaban J connectivity index is 1.67. The van der Waals surface area contributed by atoms with Gasteiger partial charge in [-0.2, -0.15) is 4.31 Å². The van der Waals surface area contributed by atoms with Crippen LogP contribution in [0.4, 0.5) is 0 Å². The lowest BCUT2D eigenvalue weighted by Crippen LogP contribution is -2.40. The zero-order valence-corrected chi connectivity index (χ0v) is 17.1. The third-order valence-electron chi connectivity index (χ3n) is 4.69. The summed E-state index contributed by atoms with van der Waals surface area (Å²) in [5, 5.41) is 0. The molecule has 0 radical (unpaired) electrons. The number of carbonyl (C=O) groups excluding carboxylic acids is 2. The molecule has 1 aliphatic rings. The number of ketones is 1. The Bertz CT molecular complexity index is 977. The highest BCUT2D eigenvalue weighted by Gasteiger charge is 2.27. The molecule has 8 heteroatoms. The summed E-state index contributed by atoms with van der Waals surface area (Å²) in [4.78, 5) is 24.9. The SMILES string of the molecule is Cc1ccc(C(=O)[C@@H](C)OC(=O)c2ccc(S(=O)(=O)N3CCOCC3)cc2)cc1. The summed E-state index contributed by atoms with van der Waals surface area (Å²) in [7, 11) is -3.63. The molecule has 1 aliphatic heterocycles. The van der Waals surface area contributed by atoms with E-state index in [2.05, 4.69) is 0 Å². The van der Waals surface area contributed by atoms with E-state index in [0.717, 1.165) is 5.56 Å². The quantitative estimate of drug-likeness (QED) is 0.530. The predicted octanol–water partition coefficient (Wildman–Crippen LogP) is 2.44. The zero-order chi connectivity index (χ0) is 21.0. The lowest BCUT2D eigenvalue weighted by atomic mass is 10.1. The van der Waals surface area contributed by atoms with E-state index in [9.17, 15) is 18.0 Å². The van der Waals surface area contributed by atoms with E-state index in [1.165, 1.54) is 35.5 Å². The van der Waals surface area contributed by atoms with Crippen LogP contribution < -0.4 is 0 Å². The molecule has 0 unspecified atom stereocenters. The minimum atomic E-state index is -3.63. The Hall–Kier alpha value is -2.55. The van der Waals surface area contributed by atoms with Crippen LogP contribution in [0.15, 0.2) is 53.4 Å². The zero-order valence-electron chi connectivity index (χ0n) is 16.3. The Morgan fingerprint density at radius 3 is 2.10 bits per heavy atom. The number of sulfonamides is 1. The highest BCUT2D eigenvalue weighted by Crippen LogP contribution is 2.18. The smallest absolute Gasteiger partial charge is 0.338 e. The lowest BCUT2D eigenvalue weighted by molar-refractivity contribution is 0.0318. The number of esters is 1. The molecule has 3 rings (SSSR count). The van der Waals surface area contributed by atoms with Gasteiger partial charge >= 0.3 is 5.97 Å². The number of Topliss-reactive ketones (excluding diaryl/α,β-unsaturated/α-hetero) is 1. The van der Waals surface area contributed by atoms with E-state index in [4.69, 9.17) is 9.47 Å². The molecular formula is C21H23NO6S. The van der Waals surface area contributed by atoms with Crippen LogP contribution in [0.3, 0.4) is 0 Å². The van der Waals surface area contributed by atoms with Crippen LogP contribution in [-0.2, 0) is 19.5 Å². The van der Waals surface area contributed by atoms with Gasteiger partial charge in [0, 0.05) is 18.7 Å². The van der Waals surface area contributed by atoms with E-state index >= 15 is 0 Å². The second kappa shape index (κ2) is 8.86. The van der Waals surface area contributed by atoms with Crippen LogP contribution in [-0.4, -0.2) is 56.9 Å². The van der Waals surface area contributed by atoms with Crippen LogP contribution in [0.2, 0.25) is 0 Å². The molecular weight excluding hydrogens is 394 g/mol. The van der Waals surface area contributed by atoms with Crippen molar-refractivity contribution < 1.29 is 27.5 Å². The number of rotatable bonds is 6. The Morgan fingerprint density at radius 1 is 0.966 bits per heavy atom. The number of hydrogen-bond acceptors (Lipinski definition) is 6. The molecule has 154 valence electrons. The number of nitrogens with zero attached hydrogens (tertiary/aromatic N) is 1. The molecule has 7 nitrogen and oxygen atoms in total. The maximum Gasteiger partial charge on any atom is 0.338 e. The van der Waals surface area contributed by atoms with Gasteiger partial charge in [-0.15, -0.1) is 0 Å². The molecule has 0 spiro atoms. The van der Waals surface area contributed by atoms with Crippen LogP contribution >= 0.6 is 0 Å². The first-order valence-electron chi connectivity index (χ1n) is 9.29. The maximum atomic E-state index is 12.6. The van der Waals surface area contributed by atoms with Gasteiger partial charge in [0.25, 0.3) is 0 Å². The van der Waals surface area contributed by atoms with Gasteiger partial charge in [-0.05, 0) is 38.1 Å². The number of benzene rings is 2. The van der Waals surface area contributed by atoms with E-state index in [1.807, 2.05) is 19.1 Å². The van der Waals surface area contributed by atoms with Gasteiger partial charge in [0.05, 0.1) is 23.7 Å². The van der Waals surface area contributed by atoms with E-state index < -0.39 is 22.1 Å². The van der Waals surface area contributed by atoms with Crippen molar-refractivity contribution in [3.8, 4) is 0 Å². The highest BCUT2D eigenvalue weighted by atomic mass is 32.2. The van der Waals surface area contributed by atoms with E-state index in [0.29, 0.717) is 31.9 Å². The molecule has 0 amide bonds. The van der Waals surface area contributed by atoms with Crippen molar-refractivity contribution in [1.82, 2.24) is 4.31 Å². The normalized spacial score (nSPS) is 16.2. The molecule has 0 aromatic heterocycles. The average Bonchev–Trinajstić information content (AvgIpc) is 2.74. The van der Waals surface area contributed by atoms with Crippen molar-refractivity contribution in [2.75, 3.05) is 26.3 Å². The summed E-state index contributed by atoms with van der Waals surface area (Å²) in [6.45, 7) is 4.74. The number of aryl methyl sites for hydroxylation is 1. The summed E-state index contributed by atoms with van der Waals surface area (Å²) in [5.41, 5.74) is 1.66. The number of morpholine rings is 1. The van der Waals surface area contributed by atoms with Gasteiger partial charge in [0.15, 0.2) is 6.10 Å². The minimum absolute atomic E-state index is 0.0970. The first-order chi connectivity index (χ1) is 13.8. The molecule has 0 N–H and O–H groups in total. The van der Waals surface area contributed by atoms with Crippen LogP contribution in [0, 0.1) is 6.92 Å². The molecule has 0 saturated carbocycles. The van der Waals surface area contributed by atoms with Gasteiger partial charge in [-0.3, -0.25) is 4.79 Å². The monoisotopic (exact) mass is 417 g/mol. The van der Waals surface area contributed by atoms with Crippen molar-refractivity contribution in [3.63, 3.8) is 0 Å². The molecule has 2 aromatic rings. The van der Waals surface area contributed by atoms with E-state index in [-0.39, 0.29) is 16.2 Å². The number of carbonyl (C=O) groups is 2. The van der Waals surface area contributed by atoms with Crippen LogP contribution in [0.1, 0.15) is 33.2 Å². The number of ether oxygens (including phenoxy) is 2. The highest BCUT2D eigenvalue weighted by molar-refractivity contribution is 7.89. The standard InChI is InChI=1S/C21H23NO6S/c1-15-3-5-17(6-4-15)20(23)16(2)28-21(24)18-7-9-19(10-8-18)29(25,26)22-11-13-27-14-12-22/h3-10,16H,11-14H2,1-2H3/t16-/m1/s1. The Morgan fingerprint density at radius 2 is 1.52 bits per heavy atom. The Kier molecular flexibility index (Phi) is 6.46. The molecule has 1 fully saturated rings. The predicted molar refractivity (Wildman–Crippen MR) is 106 cm³/mol. The summed E-state index contributed by atoms with van der Waals surface area (Å²) in [5.74, 6) is -0.988. The fraction of sp³-hybridized carbons (Fsp3) is 0.333. The van der Waals surface area contributed by atoms with Crippen molar-refractivity contribution in [3.05, 3.63) is 65.2 Å². The molecule has 0 bridgehead atoms. The van der Waals surface area contributed by atoms with Gasteiger partial charge in [0.2, 0.25) is 15.8 Å². The summed E-state index contributed by atoms with van der Waals surface area (Å²) in [6.07, 6.45) is -0.957. The molecule has 2 aromatic carbocycles. The average molecular weight is 417 g/mol. The molecule has 0 aliphatic carbocycles. The third kappa shape index (κ3) is 4.90. The Labute approximate surface area is 170 Å². The second-order valence-electron chi connectivity index (χ2n) is 6.82.